The van der Waals surface area contributed by atoms with E-state index in [2.05, 4.69) is 16.3 Å². The van der Waals surface area contributed by atoms with Crippen LogP contribution in [-0.2, 0) is 4.79 Å². The largest absolute Gasteiger partial charge is 0.505 e. The molecule has 13 heteroatoms. The number of phenolic OH excluding ortho intramolecular Hbond substituents is 1. The number of hydrazone groups is 1. The van der Waals surface area contributed by atoms with E-state index >= 15 is 0 Å². The predicted molar refractivity (Wildman–Crippen MR) is 145 cm³/mol. The van der Waals surface area contributed by atoms with Gasteiger partial charge >= 0.3 is 12.1 Å². The Morgan fingerprint density at radius 1 is 1.05 bits per heavy atom. The van der Waals surface area contributed by atoms with Gasteiger partial charge in [0, 0.05) is 23.3 Å². The molecule has 9 nitrogen and oxygen atoms in total. The van der Waals surface area contributed by atoms with Crippen molar-refractivity contribution in [3.8, 4) is 28.4 Å². The zero-order valence-electron chi connectivity index (χ0n) is 21.6. The maximum Gasteiger partial charge on any atom is 0.423 e. The van der Waals surface area contributed by atoms with Gasteiger partial charge in [0.15, 0.2) is 17.2 Å². The molecule has 0 spiro atoms. The number of fused-ring (bicyclic) bond motifs is 1. The Kier molecular flexibility index (Phi) is 6.51. The molecule has 0 fully saturated rings. The van der Waals surface area contributed by atoms with Crippen molar-refractivity contribution >= 4 is 29.0 Å². The van der Waals surface area contributed by atoms with Crippen molar-refractivity contribution in [2.45, 2.75) is 6.18 Å². The van der Waals surface area contributed by atoms with Crippen LogP contribution < -0.4 is 19.8 Å². The molecule has 2 heterocycles. The Balaban J connectivity index is 1.40. The van der Waals surface area contributed by atoms with Crippen LogP contribution in [0.3, 0.4) is 0 Å². The lowest BCUT2D eigenvalue weighted by atomic mass is 10.0. The van der Waals surface area contributed by atoms with E-state index in [9.17, 15) is 37.4 Å². The molecule has 0 saturated heterocycles. The number of para-hydroxylation sites is 1. The summed E-state index contributed by atoms with van der Waals surface area (Å²) in [7, 11) is 0. The molecule has 0 radical (unpaired) electrons. The predicted octanol–water partition coefficient (Wildman–Crippen LogP) is 5.91. The van der Waals surface area contributed by atoms with E-state index in [1.54, 1.807) is 6.07 Å². The lowest BCUT2D eigenvalue weighted by Crippen LogP contribution is -2.29. The molecular weight excluding hydrogens is 574 g/mol. The lowest BCUT2D eigenvalue weighted by Gasteiger charge is -2.18. The van der Waals surface area contributed by atoms with Crippen LogP contribution in [0.25, 0.3) is 11.1 Å². The van der Waals surface area contributed by atoms with Gasteiger partial charge in [-0.15, -0.1) is 5.73 Å². The summed E-state index contributed by atoms with van der Waals surface area (Å²) < 4.78 is 65.1. The molecule has 0 aromatic heterocycles. The fraction of sp³-hybridized carbons (Fsp3) is 0.0667. The van der Waals surface area contributed by atoms with Crippen molar-refractivity contribution in [3.63, 3.8) is 0 Å². The topological polar surface area (TPSA) is 121 Å². The minimum absolute atomic E-state index is 0.0232. The number of halogens is 4. The number of rotatable bonds is 5. The van der Waals surface area contributed by atoms with Gasteiger partial charge < -0.3 is 19.7 Å². The van der Waals surface area contributed by atoms with E-state index in [0.29, 0.717) is 11.5 Å². The maximum absolute atomic E-state index is 13.9. The molecule has 3 aliphatic rings. The van der Waals surface area contributed by atoms with Crippen molar-refractivity contribution in [2.75, 3.05) is 17.1 Å². The number of hydrogen-bond acceptors (Lipinski definition) is 7. The van der Waals surface area contributed by atoms with Crippen LogP contribution in [0.4, 0.5) is 28.9 Å². The molecule has 1 amide bonds. The number of carbonyl (C=O) groups is 2. The normalized spacial score (nSPS) is 16.5. The van der Waals surface area contributed by atoms with E-state index in [1.807, 2.05) is 0 Å². The first-order valence-corrected chi connectivity index (χ1v) is 12.4. The summed E-state index contributed by atoms with van der Waals surface area (Å²) in [6.45, 7) is -0.0320. The molecule has 3 N–H and O–H groups in total. The van der Waals surface area contributed by atoms with E-state index in [-0.39, 0.29) is 46.3 Å². The van der Waals surface area contributed by atoms with Gasteiger partial charge in [-0.25, -0.2) is 9.18 Å². The first-order chi connectivity index (χ1) is 20.5. The second-order valence-electron chi connectivity index (χ2n) is 9.28. The van der Waals surface area contributed by atoms with Gasteiger partial charge in [-0.3, -0.25) is 15.1 Å². The standard InChI is InChI=1S/C30H17F4N3O6/c31-21-9-4-15(12-20(21)29(40)41)18-2-1-3-22(27(18)38)35-36-26-19-8-5-16(30(32,33)34)6-10-23(19)37(28(26)39)17-7-11-24-25(13-17)43-14-42-24/h1-5,7-13,35,38H,14H2,(H,40,41)/b36-26-. The number of ether oxygens (including phenoxy) is 2. The number of anilines is 2. The number of amides is 1. The second kappa shape index (κ2) is 10.2. The van der Waals surface area contributed by atoms with Crippen LogP contribution in [0.1, 0.15) is 10.4 Å². The Morgan fingerprint density at radius 2 is 1.84 bits per heavy atom. The number of alkyl halides is 3. The highest BCUT2D eigenvalue weighted by atomic mass is 19.4. The van der Waals surface area contributed by atoms with Crippen LogP contribution in [-0.4, -0.2) is 40.8 Å². The number of hydrogen-bond donors (Lipinski definition) is 3. The number of allylic oxidation sites excluding steroid dienone is 3. The SMILES string of the molecule is O=C(O)c1cc(-c2cccc(N/N=C3\C(=O)N(c4ccc5c(c4)OCO5)C4=C3C=CC(C(F)(F)F)=C=C4)c2O)ccc1F. The molecule has 0 saturated carbocycles. The first-order valence-electron chi connectivity index (χ1n) is 12.4. The van der Waals surface area contributed by atoms with Crippen molar-refractivity contribution in [1.29, 1.82) is 0 Å². The highest BCUT2D eigenvalue weighted by molar-refractivity contribution is 6.54. The first kappa shape index (κ1) is 27.4. The smallest absolute Gasteiger partial charge is 0.423 e. The van der Waals surface area contributed by atoms with Crippen molar-refractivity contribution in [2.24, 2.45) is 5.10 Å². The van der Waals surface area contributed by atoms with Crippen LogP contribution in [0.2, 0.25) is 0 Å². The Bertz CT molecular complexity index is 1890. The number of carboxylic acid groups (broad SMARTS) is 1. The molecule has 216 valence electrons. The number of nitrogens with zero attached hydrogens (tertiary/aromatic N) is 2. The molecule has 3 aromatic carbocycles. The van der Waals surface area contributed by atoms with Gasteiger partial charge in [0.2, 0.25) is 6.79 Å². The van der Waals surface area contributed by atoms with Crippen molar-refractivity contribution < 1.29 is 46.8 Å². The Hall–Kier alpha value is -5.81. The molecular formula is C30H17F4N3O6. The molecule has 0 unspecified atom stereocenters. The number of aromatic hydroxyl groups is 1. The van der Waals surface area contributed by atoms with Crippen LogP contribution >= 0.6 is 0 Å². The van der Waals surface area contributed by atoms with E-state index < -0.39 is 40.8 Å². The zero-order chi connectivity index (χ0) is 30.5. The van der Waals surface area contributed by atoms with Gasteiger partial charge in [-0.2, -0.15) is 18.3 Å². The quantitative estimate of drug-likeness (QED) is 0.146. The minimum Gasteiger partial charge on any atom is -0.505 e. The number of aromatic carboxylic acids is 1. The van der Waals surface area contributed by atoms with Gasteiger partial charge in [-0.05, 0) is 48.0 Å². The van der Waals surface area contributed by atoms with E-state index in [0.717, 1.165) is 35.3 Å². The highest BCUT2D eigenvalue weighted by Crippen LogP contribution is 2.41. The third kappa shape index (κ3) is 4.87. The summed E-state index contributed by atoms with van der Waals surface area (Å²) >= 11 is 0. The minimum atomic E-state index is -4.71. The third-order valence-corrected chi connectivity index (χ3v) is 6.71. The molecule has 6 rings (SSSR count). The summed E-state index contributed by atoms with van der Waals surface area (Å²) in [6.07, 6.45) is -1.79. The van der Waals surface area contributed by atoms with E-state index in [1.165, 1.54) is 36.4 Å². The number of benzene rings is 3. The fourth-order valence-electron chi connectivity index (χ4n) is 4.64. The second-order valence-corrected chi connectivity index (χ2v) is 9.28. The summed E-state index contributed by atoms with van der Waals surface area (Å²) in [5.74, 6) is -2.79. The molecule has 3 aromatic rings. The highest BCUT2D eigenvalue weighted by Gasteiger charge is 2.39. The summed E-state index contributed by atoms with van der Waals surface area (Å²) in [5, 5.41) is 24.3. The van der Waals surface area contributed by atoms with Gasteiger partial charge in [0.25, 0.3) is 5.91 Å². The molecule has 1 aliphatic carbocycles. The number of phenols is 1. The molecule has 0 bridgehead atoms. The summed E-state index contributed by atoms with van der Waals surface area (Å²) in [6, 6.07) is 12.2. The summed E-state index contributed by atoms with van der Waals surface area (Å²) in [4.78, 5) is 26.2. The summed E-state index contributed by atoms with van der Waals surface area (Å²) in [5.41, 5.74) is 3.49. The molecule has 2 aliphatic heterocycles. The number of carboxylic acids is 1. The monoisotopic (exact) mass is 591 g/mol. The van der Waals surface area contributed by atoms with E-state index in [4.69, 9.17) is 9.47 Å². The third-order valence-electron chi connectivity index (χ3n) is 6.71. The maximum atomic E-state index is 13.9. The Labute approximate surface area is 239 Å². The Morgan fingerprint density at radius 3 is 2.60 bits per heavy atom. The van der Waals surface area contributed by atoms with Gasteiger partial charge in [0.1, 0.15) is 11.6 Å². The lowest BCUT2D eigenvalue weighted by molar-refractivity contribution is -0.111. The number of nitrogens with one attached hydrogen (secondary N) is 1. The van der Waals surface area contributed by atoms with Crippen molar-refractivity contribution in [1.82, 2.24) is 0 Å². The van der Waals surface area contributed by atoms with Gasteiger partial charge in [0.05, 0.1) is 28.2 Å². The van der Waals surface area contributed by atoms with Crippen LogP contribution in [0.15, 0.2) is 101 Å². The molecule has 43 heavy (non-hydrogen) atoms. The van der Waals surface area contributed by atoms with Crippen molar-refractivity contribution in [3.05, 3.63) is 107 Å². The number of carbonyl (C=O) groups excluding carboxylic acids is 1. The average Bonchev–Trinajstić information content (AvgIpc) is 3.45. The average molecular weight is 591 g/mol. The fourth-order valence-corrected chi connectivity index (χ4v) is 4.64. The molecule has 0 atom stereocenters. The van der Waals surface area contributed by atoms with Crippen LogP contribution in [0, 0.1) is 5.82 Å². The van der Waals surface area contributed by atoms with Crippen LogP contribution in [0.5, 0.6) is 17.2 Å². The zero-order valence-corrected chi connectivity index (χ0v) is 21.6. The van der Waals surface area contributed by atoms with Gasteiger partial charge in [-0.1, -0.05) is 18.2 Å².